The number of hydrogen-bond acceptors (Lipinski definition) is 5. The Labute approximate surface area is 264 Å². The van der Waals surface area contributed by atoms with Gasteiger partial charge in [-0.2, -0.15) is 0 Å². The molecule has 2 bridgehead atoms. The Morgan fingerprint density at radius 2 is 1.66 bits per heavy atom. The van der Waals surface area contributed by atoms with Crippen molar-refractivity contribution in [3.63, 3.8) is 0 Å². The van der Waals surface area contributed by atoms with Crippen molar-refractivity contribution in [2.75, 3.05) is 12.0 Å². The predicted molar refractivity (Wildman–Crippen MR) is 171 cm³/mol. The van der Waals surface area contributed by atoms with E-state index in [1.54, 1.807) is 7.11 Å². The maximum absolute atomic E-state index is 13.9. The maximum Gasteiger partial charge on any atom is 0.232 e. The molecule has 0 radical (unpaired) electrons. The number of methoxy groups -OCH3 is 1. The minimum Gasteiger partial charge on any atom is -0.493 e. The van der Waals surface area contributed by atoms with Crippen molar-refractivity contribution < 1.29 is 24.2 Å². The Hall–Kier alpha value is -3.55. The molecule has 3 aromatic rings. The lowest BCUT2D eigenvalue weighted by Crippen LogP contribution is -2.54. The fourth-order valence-electron chi connectivity index (χ4n) is 7.57. The van der Waals surface area contributed by atoms with E-state index in [2.05, 4.69) is 0 Å². The van der Waals surface area contributed by atoms with Crippen molar-refractivity contribution in [3.8, 4) is 11.5 Å². The number of fused-ring (bicyclic) bond motifs is 3. The smallest absolute Gasteiger partial charge is 0.232 e. The SMILES string of the molecule is COc1cc2c(cc1OC(C)C)[C@H](c1ccc(Cl)cc1)N(c1ccc(C(C)(O)C3CC4CCCC(C3)N4C=O)cc1)C(=O)C2. The molecule has 0 aliphatic carbocycles. The molecular formula is C36H41ClN2O5. The van der Waals surface area contributed by atoms with E-state index in [9.17, 15) is 14.7 Å². The molecule has 44 heavy (non-hydrogen) atoms. The van der Waals surface area contributed by atoms with Gasteiger partial charge in [0.2, 0.25) is 12.3 Å². The molecule has 3 unspecified atom stereocenters. The summed E-state index contributed by atoms with van der Waals surface area (Å²) in [5.41, 5.74) is 3.28. The highest BCUT2D eigenvalue weighted by Gasteiger charge is 2.45. The lowest BCUT2D eigenvalue weighted by molar-refractivity contribution is -0.133. The van der Waals surface area contributed by atoms with Crippen LogP contribution in [0, 0.1) is 5.92 Å². The van der Waals surface area contributed by atoms with E-state index in [1.807, 2.05) is 91.2 Å². The van der Waals surface area contributed by atoms with Crippen LogP contribution in [0.15, 0.2) is 60.7 Å². The van der Waals surface area contributed by atoms with E-state index < -0.39 is 11.6 Å². The molecule has 3 aromatic carbocycles. The Morgan fingerprint density at radius 3 is 2.25 bits per heavy atom. The first kappa shape index (κ1) is 30.5. The fraction of sp³-hybridized carbons (Fsp3) is 0.444. The van der Waals surface area contributed by atoms with E-state index in [0.717, 1.165) is 66.5 Å². The van der Waals surface area contributed by atoms with Gasteiger partial charge >= 0.3 is 0 Å². The van der Waals surface area contributed by atoms with Crippen LogP contribution >= 0.6 is 11.6 Å². The predicted octanol–water partition coefficient (Wildman–Crippen LogP) is 6.81. The Kier molecular flexibility index (Phi) is 8.38. The summed E-state index contributed by atoms with van der Waals surface area (Å²) >= 11 is 6.27. The summed E-state index contributed by atoms with van der Waals surface area (Å²) < 4.78 is 11.8. The van der Waals surface area contributed by atoms with Crippen LogP contribution in [0.25, 0.3) is 0 Å². The molecule has 2 saturated heterocycles. The van der Waals surface area contributed by atoms with E-state index in [-0.39, 0.29) is 36.4 Å². The van der Waals surface area contributed by atoms with Gasteiger partial charge in [0, 0.05) is 22.8 Å². The van der Waals surface area contributed by atoms with E-state index in [1.165, 1.54) is 0 Å². The number of benzene rings is 3. The average Bonchev–Trinajstić information content (AvgIpc) is 3.00. The second-order valence-electron chi connectivity index (χ2n) is 12.9. The fourth-order valence-corrected chi connectivity index (χ4v) is 7.70. The van der Waals surface area contributed by atoms with E-state index in [4.69, 9.17) is 21.1 Å². The molecule has 4 atom stereocenters. The van der Waals surface area contributed by atoms with Crippen molar-refractivity contribution in [1.29, 1.82) is 0 Å². The van der Waals surface area contributed by atoms with Crippen molar-refractivity contribution in [3.05, 3.63) is 87.9 Å². The molecule has 3 aliphatic rings. The molecule has 8 heteroatoms. The Morgan fingerprint density at radius 1 is 1.00 bits per heavy atom. The first-order valence-electron chi connectivity index (χ1n) is 15.6. The van der Waals surface area contributed by atoms with Crippen LogP contribution in [0.4, 0.5) is 5.69 Å². The molecule has 7 nitrogen and oxygen atoms in total. The number of nitrogens with zero attached hydrogens (tertiary/aromatic N) is 2. The van der Waals surface area contributed by atoms with Crippen LogP contribution in [0.1, 0.15) is 81.2 Å². The van der Waals surface area contributed by atoms with Gasteiger partial charge in [-0.1, -0.05) is 35.9 Å². The molecule has 232 valence electrons. The van der Waals surface area contributed by atoms with Crippen molar-refractivity contribution >= 4 is 29.6 Å². The van der Waals surface area contributed by atoms with Crippen LogP contribution in [0.3, 0.4) is 0 Å². The average molecular weight is 617 g/mol. The van der Waals surface area contributed by atoms with Gasteiger partial charge in [-0.15, -0.1) is 0 Å². The summed E-state index contributed by atoms with van der Waals surface area (Å²) in [6, 6.07) is 19.2. The number of aliphatic hydroxyl groups is 1. The van der Waals surface area contributed by atoms with E-state index >= 15 is 0 Å². The summed E-state index contributed by atoms with van der Waals surface area (Å²) in [5, 5.41) is 12.5. The number of hydrogen-bond donors (Lipinski definition) is 1. The third-order valence-corrected chi connectivity index (χ3v) is 10.1. The van der Waals surface area contributed by atoms with Crippen LogP contribution in [0.2, 0.25) is 5.02 Å². The number of ether oxygens (including phenoxy) is 2. The lowest BCUT2D eigenvalue weighted by atomic mass is 9.70. The normalized spacial score (nSPS) is 24.5. The zero-order valence-electron chi connectivity index (χ0n) is 25.8. The molecule has 3 aliphatic heterocycles. The highest BCUT2D eigenvalue weighted by Crippen LogP contribution is 2.46. The Balaban J connectivity index is 1.36. The molecule has 0 aromatic heterocycles. The number of piperidine rings is 2. The van der Waals surface area contributed by atoms with Gasteiger partial charge in [-0.05, 0) is 117 Å². The number of carbonyl (C=O) groups is 2. The molecule has 0 saturated carbocycles. The third-order valence-electron chi connectivity index (χ3n) is 9.81. The second-order valence-corrected chi connectivity index (χ2v) is 13.4. The molecule has 2 fully saturated rings. The zero-order chi connectivity index (χ0) is 31.2. The zero-order valence-corrected chi connectivity index (χ0v) is 26.6. The largest absolute Gasteiger partial charge is 0.493 e. The molecular weight excluding hydrogens is 576 g/mol. The van der Waals surface area contributed by atoms with Crippen LogP contribution in [-0.4, -0.2) is 47.6 Å². The summed E-state index contributed by atoms with van der Waals surface area (Å²) in [4.78, 5) is 29.5. The van der Waals surface area contributed by atoms with Crippen LogP contribution in [-0.2, 0) is 21.6 Å². The monoisotopic (exact) mass is 616 g/mol. The van der Waals surface area contributed by atoms with E-state index in [0.29, 0.717) is 16.5 Å². The van der Waals surface area contributed by atoms with Gasteiger partial charge in [0.15, 0.2) is 11.5 Å². The number of anilines is 1. The van der Waals surface area contributed by atoms with Crippen molar-refractivity contribution in [2.24, 2.45) is 5.92 Å². The third kappa shape index (κ3) is 5.56. The standard InChI is InChI=1S/C36H41ClN2O5/c1-22(2)44-33-20-31-24(16-32(33)43-4)17-34(41)39(35(31)23-8-12-27(37)13-9-23)28-14-10-25(11-15-28)36(3,42)26-18-29-6-5-7-30(19-26)38(29)21-40/h8-16,20-22,26,29-30,35,42H,5-7,17-19H2,1-4H3/t26?,29?,30?,35-,36?/m0/s1. The number of rotatable bonds is 8. The molecule has 2 amide bonds. The first-order chi connectivity index (χ1) is 21.1. The molecule has 1 N–H and O–H groups in total. The maximum atomic E-state index is 13.9. The van der Waals surface area contributed by atoms with Gasteiger partial charge in [-0.3, -0.25) is 9.59 Å². The molecule has 3 heterocycles. The molecule has 6 rings (SSSR count). The highest BCUT2D eigenvalue weighted by molar-refractivity contribution is 6.30. The summed E-state index contributed by atoms with van der Waals surface area (Å²) in [6.07, 6.45) is 5.83. The Bertz CT molecular complexity index is 1510. The minimum atomic E-state index is -1.06. The van der Waals surface area contributed by atoms with Gasteiger partial charge in [0.05, 0.1) is 31.3 Å². The summed E-state index contributed by atoms with van der Waals surface area (Å²) in [5.74, 6) is 1.24. The summed E-state index contributed by atoms with van der Waals surface area (Å²) in [6.45, 7) is 5.83. The summed E-state index contributed by atoms with van der Waals surface area (Å²) in [7, 11) is 1.61. The van der Waals surface area contributed by atoms with Gasteiger partial charge in [0.25, 0.3) is 0 Å². The number of halogens is 1. The first-order valence-corrected chi connectivity index (χ1v) is 16.0. The second kappa shape index (κ2) is 12.1. The lowest BCUT2D eigenvalue weighted by Gasteiger charge is -2.50. The number of carbonyl (C=O) groups excluding carboxylic acids is 2. The quantitative estimate of drug-likeness (QED) is 0.281. The van der Waals surface area contributed by atoms with Gasteiger partial charge in [0.1, 0.15) is 0 Å². The van der Waals surface area contributed by atoms with Gasteiger partial charge in [-0.25, -0.2) is 0 Å². The minimum absolute atomic E-state index is 0.0365. The highest BCUT2D eigenvalue weighted by atomic mass is 35.5. The molecule has 0 spiro atoms. The topological polar surface area (TPSA) is 79.3 Å². The number of amides is 2. The van der Waals surface area contributed by atoms with Gasteiger partial charge < -0.3 is 24.4 Å². The van der Waals surface area contributed by atoms with Crippen LogP contribution in [0.5, 0.6) is 11.5 Å². The van der Waals surface area contributed by atoms with Crippen LogP contribution < -0.4 is 14.4 Å². The van der Waals surface area contributed by atoms with Crippen molar-refractivity contribution in [1.82, 2.24) is 4.90 Å². The van der Waals surface area contributed by atoms with Crippen molar-refractivity contribution in [2.45, 2.75) is 89.1 Å².